The van der Waals surface area contributed by atoms with Gasteiger partial charge in [0.05, 0.1) is 16.9 Å². The Morgan fingerprint density at radius 2 is 2.27 bits per heavy atom. The van der Waals surface area contributed by atoms with Crippen LogP contribution < -0.4 is 0 Å². The number of amides is 1. The fourth-order valence-corrected chi connectivity index (χ4v) is 3.92. The summed E-state index contributed by atoms with van der Waals surface area (Å²) in [7, 11) is 0. The first-order valence-electron chi connectivity index (χ1n) is 8.30. The molecule has 0 unspecified atom stereocenters. The Morgan fingerprint density at radius 3 is 3.04 bits per heavy atom. The number of aryl methyl sites for hydroxylation is 1. The number of aromatic amines is 1. The van der Waals surface area contributed by atoms with Gasteiger partial charge in [0.1, 0.15) is 11.5 Å². The molecule has 4 rings (SSSR count). The number of carboxylic acid groups (broad SMARTS) is 1. The minimum atomic E-state index is -1.07. The van der Waals surface area contributed by atoms with Gasteiger partial charge >= 0.3 is 5.97 Å². The maximum Gasteiger partial charge on any atom is 0.332 e. The molecule has 0 spiro atoms. The quantitative estimate of drug-likeness (QED) is 0.718. The van der Waals surface area contributed by atoms with E-state index >= 15 is 0 Å². The van der Waals surface area contributed by atoms with Crippen LogP contribution in [0.15, 0.2) is 40.4 Å². The smallest absolute Gasteiger partial charge is 0.332 e. The van der Waals surface area contributed by atoms with Gasteiger partial charge < -0.3 is 19.4 Å². The molecular weight excluding hydrogens is 354 g/mol. The summed E-state index contributed by atoms with van der Waals surface area (Å²) >= 11 is 1.59. The fourth-order valence-electron chi connectivity index (χ4n) is 3.23. The van der Waals surface area contributed by atoms with Crippen LogP contribution in [0, 0.1) is 0 Å². The number of carboxylic acids is 1. The van der Waals surface area contributed by atoms with Crippen molar-refractivity contribution in [3.63, 3.8) is 0 Å². The van der Waals surface area contributed by atoms with Gasteiger partial charge in [-0.1, -0.05) is 6.07 Å². The number of H-pyrrole nitrogens is 1. The molecule has 3 aromatic heterocycles. The Bertz CT molecular complexity index is 928. The number of carbonyl (C=O) groups is 2. The van der Waals surface area contributed by atoms with Crippen LogP contribution in [-0.4, -0.2) is 38.4 Å². The number of carbonyl (C=O) groups excluding carboxylic acids is 1. The summed E-state index contributed by atoms with van der Waals surface area (Å²) in [6.45, 7) is 0.365. The molecule has 4 heterocycles. The molecule has 8 heteroatoms. The van der Waals surface area contributed by atoms with E-state index in [0.29, 0.717) is 30.8 Å². The monoisotopic (exact) mass is 371 g/mol. The Balaban J connectivity index is 1.44. The van der Waals surface area contributed by atoms with E-state index in [1.165, 1.54) is 11.2 Å². The van der Waals surface area contributed by atoms with E-state index < -0.39 is 12.0 Å². The molecule has 2 N–H and O–H groups in total. The summed E-state index contributed by atoms with van der Waals surface area (Å²) in [6.07, 6.45) is 2.68. The first-order valence-corrected chi connectivity index (χ1v) is 9.18. The first kappa shape index (κ1) is 16.6. The number of aromatic nitrogens is 2. The number of hydrogen-bond donors (Lipinski definition) is 2. The second-order valence-electron chi connectivity index (χ2n) is 6.09. The molecule has 0 bridgehead atoms. The van der Waals surface area contributed by atoms with Gasteiger partial charge in [-0.3, -0.25) is 4.79 Å². The van der Waals surface area contributed by atoms with E-state index in [4.69, 9.17) is 4.42 Å². The van der Waals surface area contributed by atoms with Crippen molar-refractivity contribution in [3.8, 4) is 10.6 Å². The van der Waals surface area contributed by atoms with Crippen LogP contribution in [0.1, 0.15) is 29.6 Å². The van der Waals surface area contributed by atoms with Crippen molar-refractivity contribution in [1.29, 1.82) is 0 Å². The molecule has 26 heavy (non-hydrogen) atoms. The van der Waals surface area contributed by atoms with Crippen LogP contribution in [0.5, 0.6) is 0 Å². The largest absolute Gasteiger partial charge is 0.479 e. The lowest BCUT2D eigenvalue weighted by Crippen LogP contribution is -2.43. The Morgan fingerprint density at radius 1 is 1.38 bits per heavy atom. The topological polar surface area (TPSA) is 99.4 Å². The zero-order valence-electron chi connectivity index (χ0n) is 13.8. The molecule has 1 atom stereocenters. The second-order valence-corrected chi connectivity index (χ2v) is 7.04. The van der Waals surface area contributed by atoms with Crippen LogP contribution in [0.2, 0.25) is 0 Å². The molecule has 7 nitrogen and oxygen atoms in total. The van der Waals surface area contributed by atoms with Crippen molar-refractivity contribution in [2.75, 3.05) is 6.54 Å². The van der Waals surface area contributed by atoms with E-state index in [1.807, 2.05) is 29.6 Å². The molecule has 0 saturated heterocycles. The minimum Gasteiger partial charge on any atom is -0.479 e. The summed E-state index contributed by atoms with van der Waals surface area (Å²) in [5.41, 5.74) is 1.21. The van der Waals surface area contributed by atoms with Gasteiger partial charge in [0.15, 0.2) is 6.04 Å². The molecule has 0 radical (unpaired) electrons. The molecule has 0 fully saturated rings. The van der Waals surface area contributed by atoms with Gasteiger partial charge in [-0.25, -0.2) is 9.78 Å². The van der Waals surface area contributed by atoms with Crippen LogP contribution >= 0.6 is 11.3 Å². The lowest BCUT2D eigenvalue weighted by Gasteiger charge is -2.32. The highest BCUT2D eigenvalue weighted by Crippen LogP contribution is 2.29. The number of rotatable bonds is 5. The highest BCUT2D eigenvalue weighted by molar-refractivity contribution is 7.13. The lowest BCUT2D eigenvalue weighted by atomic mass is 10.0. The van der Waals surface area contributed by atoms with E-state index in [1.54, 1.807) is 11.3 Å². The van der Waals surface area contributed by atoms with Gasteiger partial charge in [0, 0.05) is 31.5 Å². The summed E-state index contributed by atoms with van der Waals surface area (Å²) in [5, 5.41) is 11.5. The van der Waals surface area contributed by atoms with Crippen molar-refractivity contribution >= 4 is 23.2 Å². The molecular formula is C18H17N3O4S. The standard InChI is InChI=1S/C18H17N3O4S/c22-15(6-4-11-3-5-13(25-11)14-2-1-9-26-14)21-8-7-12-16(20-10-19-12)17(21)18(23)24/h1-3,5,9-10,17H,4,6-8H2,(H,19,20)(H,23,24)/t17-/m1/s1. The van der Waals surface area contributed by atoms with Gasteiger partial charge in [0.2, 0.25) is 5.91 Å². The van der Waals surface area contributed by atoms with Crippen LogP contribution in [-0.2, 0) is 22.4 Å². The van der Waals surface area contributed by atoms with Gasteiger partial charge in [-0.15, -0.1) is 11.3 Å². The Labute approximate surface area is 153 Å². The van der Waals surface area contributed by atoms with Crippen molar-refractivity contribution in [2.24, 2.45) is 0 Å². The number of nitrogens with one attached hydrogen (secondary N) is 1. The number of fused-ring (bicyclic) bond motifs is 1. The first-order chi connectivity index (χ1) is 12.6. The number of hydrogen-bond acceptors (Lipinski definition) is 5. The van der Waals surface area contributed by atoms with E-state index in [0.717, 1.165) is 16.3 Å². The molecule has 1 aliphatic heterocycles. The predicted octanol–water partition coefficient (Wildman–Crippen LogP) is 2.87. The van der Waals surface area contributed by atoms with Crippen LogP contribution in [0.3, 0.4) is 0 Å². The highest BCUT2D eigenvalue weighted by Gasteiger charge is 2.37. The third kappa shape index (κ3) is 3.03. The normalized spacial score (nSPS) is 16.5. The average molecular weight is 371 g/mol. The van der Waals surface area contributed by atoms with Crippen LogP contribution in [0.4, 0.5) is 0 Å². The van der Waals surface area contributed by atoms with Gasteiger partial charge in [0.25, 0.3) is 0 Å². The number of nitrogens with zero attached hydrogens (tertiary/aromatic N) is 2. The maximum absolute atomic E-state index is 12.6. The third-order valence-corrected chi connectivity index (χ3v) is 5.37. The number of imidazole rings is 1. The predicted molar refractivity (Wildman–Crippen MR) is 94.7 cm³/mol. The highest BCUT2D eigenvalue weighted by atomic mass is 32.1. The molecule has 1 aliphatic rings. The SMILES string of the molecule is O=C(O)[C@H]1c2nc[nH]c2CCN1C(=O)CCc1ccc(-c2cccs2)o1. The van der Waals surface area contributed by atoms with Gasteiger partial charge in [-0.2, -0.15) is 0 Å². The molecule has 0 aliphatic carbocycles. The second kappa shape index (κ2) is 6.80. The molecule has 0 saturated carbocycles. The molecule has 3 aromatic rings. The summed E-state index contributed by atoms with van der Waals surface area (Å²) < 4.78 is 5.79. The number of thiophene rings is 1. The van der Waals surface area contributed by atoms with E-state index in [9.17, 15) is 14.7 Å². The molecule has 1 amide bonds. The van der Waals surface area contributed by atoms with Crippen molar-refractivity contribution in [3.05, 3.63) is 53.1 Å². The lowest BCUT2D eigenvalue weighted by molar-refractivity contribution is -0.151. The Kier molecular flexibility index (Phi) is 4.34. The van der Waals surface area contributed by atoms with E-state index in [-0.39, 0.29) is 12.3 Å². The van der Waals surface area contributed by atoms with Crippen molar-refractivity contribution < 1.29 is 19.1 Å². The van der Waals surface area contributed by atoms with Crippen molar-refractivity contribution in [2.45, 2.75) is 25.3 Å². The molecule has 0 aromatic carbocycles. The summed E-state index contributed by atoms with van der Waals surface area (Å²) in [6, 6.07) is 6.65. The van der Waals surface area contributed by atoms with Crippen LogP contribution in [0.25, 0.3) is 10.6 Å². The zero-order chi connectivity index (χ0) is 18.1. The fraction of sp³-hybridized carbons (Fsp3) is 0.278. The summed E-state index contributed by atoms with van der Waals surface area (Å²) in [5.74, 6) is 0.223. The average Bonchev–Trinajstić information content (AvgIpc) is 3.39. The third-order valence-electron chi connectivity index (χ3n) is 4.49. The van der Waals surface area contributed by atoms with Gasteiger partial charge in [-0.05, 0) is 23.6 Å². The Hall–Kier alpha value is -2.87. The van der Waals surface area contributed by atoms with Crippen molar-refractivity contribution in [1.82, 2.24) is 14.9 Å². The van der Waals surface area contributed by atoms with E-state index in [2.05, 4.69) is 9.97 Å². The number of aliphatic carboxylic acids is 1. The number of furan rings is 1. The minimum absolute atomic E-state index is 0.195. The summed E-state index contributed by atoms with van der Waals surface area (Å²) in [4.78, 5) is 33.8. The maximum atomic E-state index is 12.6. The zero-order valence-corrected chi connectivity index (χ0v) is 14.7. The molecule has 134 valence electrons.